The minimum atomic E-state index is -0.358. The number of fused-ring (bicyclic) bond motifs is 6. The molecule has 1 aliphatic heterocycles. The van der Waals surface area contributed by atoms with Crippen LogP contribution in [0.2, 0.25) is 0 Å². The van der Waals surface area contributed by atoms with Gasteiger partial charge in [0.1, 0.15) is 17.1 Å². The molecule has 0 N–H and O–H groups in total. The molecule has 8 aromatic rings. The third-order valence-corrected chi connectivity index (χ3v) is 12.4. The molecule has 6 aromatic carbocycles. The molecule has 0 fully saturated rings. The van der Waals surface area contributed by atoms with Gasteiger partial charge in [0, 0.05) is 50.3 Å². The van der Waals surface area contributed by atoms with Gasteiger partial charge in [-0.15, -0.1) is 0 Å². The van der Waals surface area contributed by atoms with Crippen molar-refractivity contribution in [1.29, 1.82) is 0 Å². The molecule has 8 nitrogen and oxygen atoms in total. The second-order valence-corrected chi connectivity index (χ2v) is 18.8. The highest BCUT2D eigenvalue weighted by atomic mass is 16.5. The first kappa shape index (κ1) is 39.0. The first-order valence-corrected chi connectivity index (χ1v) is 21.7. The van der Waals surface area contributed by atoms with Gasteiger partial charge in [0.2, 0.25) is 0 Å². The number of amides is 2. The number of carbonyl (C=O) groups is 2. The van der Waals surface area contributed by atoms with Crippen LogP contribution >= 0.6 is 0 Å². The lowest BCUT2D eigenvalue weighted by Crippen LogP contribution is -2.37. The van der Waals surface area contributed by atoms with Gasteiger partial charge >= 0.3 is 0 Å². The second kappa shape index (κ2) is 14.6. The molecule has 0 saturated carbocycles. The molecule has 2 aromatic heterocycles. The molecule has 8 heteroatoms. The number of aromatic nitrogens is 2. The molecule has 2 amide bonds. The molecule has 304 valence electrons. The topological polar surface area (TPSA) is 90.2 Å². The monoisotopic (exact) mass is 789 g/mol. The van der Waals surface area contributed by atoms with Gasteiger partial charge in [0.15, 0.2) is 0 Å². The summed E-state index contributed by atoms with van der Waals surface area (Å²) in [5.41, 5.74) is 5.76. The molecule has 59 heavy (non-hydrogen) atoms. The van der Waals surface area contributed by atoms with Crippen molar-refractivity contribution < 1.29 is 19.1 Å². The van der Waals surface area contributed by atoms with E-state index < -0.39 is 0 Å². The third-order valence-electron chi connectivity index (χ3n) is 12.4. The van der Waals surface area contributed by atoms with Crippen LogP contribution in [0.15, 0.2) is 53.3 Å². The Balaban J connectivity index is 1.41. The Morgan fingerprint density at radius 1 is 0.559 bits per heavy atom. The van der Waals surface area contributed by atoms with Crippen molar-refractivity contribution in [3.8, 4) is 11.5 Å². The van der Waals surface area contributed by atoms with Crippen LogP contribution < -0.4 is 15.0 Å². The van der Waals surface area contributed by atoms with Crippen LogP contribution in [-0.4, -0.2) is 46.4 Å². The van der Waals surface area contributed by atoms with Gasteiger partial charge in [-0.1, -0.05) is 80.4 Å². The molecule has 3 heterocycles. The van der Waals surface area contributed by atoms with Crippen molar-refractivity contribution in [2.75, 3.05) is 20.3 Å². The van der Waals surface area contributed by atoms with Crippen LogP contribution in [0, 0.1) is 23.7 Å². The maximum atomic E-state index is 15.2. The van der Waals surface area contributed by atoms with E-state index in [1.807, 2.05) is 28.7 Å². The summed E-state index contributed by atoms with van der Waals surface area (Å²) in [4.78, 5) is 49.2. The Bertz CT molecular complexity index is 3050. The van der Waals surface area contributed by atoms with Crippen LogP contribution in [0.25, 0.3) is 70.5 Å². The average molecular weight is 790 g/mol. The van der Waals surface area contributed by atoms with Crippen molar-refractivity contribution in [3.05, 3.63) is 81.1 Å². The maximum Gasteiger partial charge on any atom is 0.264 e. The molecule has 0 bridgehead atoms. The molecule has 0 aliphatic carbocycles. The fraction of sp³-hybridized carbons (Fsp3) is 0.412. The Morgan fingerprint density at radius 3 is 1.71 bits per heavy atom. The summed E-state index contributed by atoms with van der Waals surface area (Å²) in [6, 6.07) is 16.3. The molecular formula is C51H55N3O5. The van der Waals surface area contributed by atoms with E-state index in [0.29, 0.717) is 64.1 Å². The van der Waals surface area contributed by atoms with Gasteiger partial charge in [-0.3, -0.25) is 23.7 Å². The molecule has 0 spiro atoms. The number of aryl methyl sites for hydroxylation is 2. The third kappa shape index (κ3) is 6.24. The zero-order chi connectivity index (χ0) is 41.6. The number of imide groups is 1. The Morgan fingerprint density at radius 2 is 1.10 bits per heavy atom. The quantitative estimate of drug-likeness (QED) is 0.0619. The van der Waals surface area contributed by atoms with Crippen molar-refractivity contribution >= 4 is 82.4 Å². The maximum absolute atomic E-state index is 15.2. The highest BCUT2D eigenvalue weighted by Crippen LogP contribution is 2.52. The summed E-state index contributed by atoms with van der Waals surface area (Å²) < 4.78 is 15.3. The number of rotatable bonds is 14. The van der Waals surface area contributed by atoms with Gasteiger partial charge in [-0.2, -0.15) is 0 Å². The minimum Gasteiger partial charge on any atom is -0.493 e. The van der Waals surface area contributed by atoms with Crippen LogP contribution in [0.5, 0.6) is 11.5 Å². The number of pyridine rings is 1. The van der Waals surface area contributed by atoms with Crippen molar-refractivity contribution in [2.24, 2.45) is 23.7 Å². The Hall–Kier alpha value is -5.50. The zero-order valence-corrected chi connectivity index (χ0v) is 36.0. The van der Waals surface area contributed by atoms with Crippen LogP contribution in [0.4, 0.5) is 0 Å². The first-order valence-electron chi connectivity index (χ1n) is 21.7. The second-order valence-electron chi connectivity index (χ2n) is 18.8. The molecular weight excluding hydrogens is 735 g/mol. The van der Waals surface area contributed by atoms with Gasteiger partial charge in [0.05, 0.1) is 35.2 Å². The normalized spacial score (nSPS) is 13.7. The number of hydrogen-bond donors (Lipinski definition) is 0. The van der Waals surface area contributed by atoms with Crippen LogP contribution in [0.1, 0.15) is 113 Å². The first-order chi connectivity index (χ1) is 28.2. The summed E-state index contributed by atoms with van der Waals surface area (Å²) in [6.07, 6.45) is 6.48. The molecule has 1 aliphatic rings. The average Bonchev–Trinajstić information content (AvgIpc) is 3.57. The number of carbonyl (C=O) groups excluding carboxylic acids is 2. The molecule has 0 radical (unpaired) electrons. The summed E-state index contributed by atoms with van der Waals surface area (Å²) >= 11 is 0. The van der Waals surface area contributed by atoms with Crippen LogP contribution in [0.3, 0.4) is 0 Å². The standard InChI is InChI=1S/C51H55N3O5/c1-26(2)12-10-14-30-20-38-39(21-31(30)15-11-13-27(3)4)54-48(52-38)34-18-16-32-33-17-19-35-43-36(50(56)53(9)49(35)55)22-40(58-24-28(5)6)47(45(33)43)46-41(59-25-29(7)8)23-37(51(54)57)42(34)44(32)46/h16-23,26-29H,10-15,24-25H2,1-9H3. The van der Waals surface area contributed by atoms with E-state index >= 15 is 4.79 Å². The van der Waals surface area contributed by atoms with Crippen molar-refractivity contribution in [2.45, 2.75) is 93.9 Å². The number of benzene rings is 6. The van der Waals surface area contributed by atoms with E-state index in [0.717, 1.165) is 92.6 Å². The van der Waals surface area contributed by atoms with Gasteiger partial charge in [-0.25, -0.2) is 4.98 Å². The summed E-state index contributed by atoms with van der Waals surface area (Å²) in [6.45, 7) is 18.4. The van der Waals surface area contributed by atoms with E-state index in [9.17, 15) is 9.59 Å². The Labute approximate surface area is 345 Å². The smallest absolute Gasteiger partial charge is 0.264 e. The minimum absolute atomic E-state index is 0.125. The van der Waals surface area contributed by atoms with Gasteiger partial charge < -0.3 is 9.47 Å². The highest BCUT2D eigenvalue weighted by Gasteiger charge is 2.35. The van der Waals surface area contributed by atoms with Crippen molar-refractivity contribution in [1.82, 2.24) is 14.3 Å². The Kier molecular flexibility index (Phi) is 9.68. The predicted molar refractivity (Wildman–Crippen MR) is 242 cm³/mol. The molecule has 0 atom stereocenters. The lowest BCUT2D eigenvalue weighted by molar-refractivity contribution is 0.0650. The van der Waals surface area contributed by atoms with E-state index in [4.69, 9.17) is 14.5 Å². The van der Waals surface area contributed by atoms with E-state index in [2.05, 4.69) is 79.7 Å². The molecule has 0 unspecified atom stereocenters. The number of hydrogen-bond acceptors (Lipinski definition) is 6. The van der Waals surface area contributed by atoms with Crippen LogP contribution in [-0.2, 0) is 12.8 Å². The fourth-order valence-electron chi connectivity index (χ4n) is 9.51. The highest BCUT2D eigenvalue weighted by molar-refractivity contribution is 6.42. The fourth-order valence-corrected chi connectivity index (χ4v) is 9.51. The van der Waals surface area contributed by atoms with Gasteiger partial charge in [-0.05, 0) is 108 Å². The van der Waals surface area contributed by atoms with E-state index in [1.54, 1.807) is 0 Å². The van der Waals surface area contributed by atoms with Crippen molar-refractivity contribution in [3.63, 3.8) is 0 Å². The lowest BCUT2D eigenvalue weighted by Gasteiger charge is -2.28. The summed E-state index contributed by atoms with van der Waals surface area (Å²) in [7, 11) is 1.53. The predicted octanol–water partition coefficient (Wildman–Crippen LogP) is 11.7. The van der Waals surface area contributed by atoms with E-state index in [-0.39, 0.29) is 29.2 Å². The number of ether oxygens (including phenoxy) is 2. The number of nitrogens with zero attached hydrogens (tertiary/aromatic N) is 3. The summed E-state index contributed by atoms with van der Waals surface area (Å²) in [5.74, 6) is 2.13. The number of imidazole rings is 1. The molecule has 9 rings (SSSR count). The van der Waals surface area contributed by atoms with Gasteiger partial charge in [0.25, 0.3) is 17.4 Å². The SMILES string of the molecule is CC(C)CCCc1cc2nc3c4ccc5c6ccc7c8c(cc(OCC(C)C)c(c9c(OCC(C)C)cc(c(=O)n3c2cc1CCCC(C)C)c4c59)c86)C(=O)N(C)C7=O. The zero-order valence-electron chi connectivity index (χ0n) is 36.0. The summed E-state index contributed by atoms with van der Waals surface area (Å²) in [5, 5.41) is 8.00. The lowest BCUT2D eigenvalue weighted by atomic mass is 9.83. The molecule has 0 saturated heterocycles. The van der Waals surface area contributed by atoms with E-state index in [1.165, 1.54) is 23.1 Å². The largest absolute Gasteiger partial charge is 0.493 e.